The molecule has 0 aromatic heterocycles. The van der Waals surface area contributed by atoms with Crippen LogP contribution in [0.2, 0.25) is 5.02 Å². The van der Waals surface area contributed by atoms with Crippen LogP contribution < -0.4 is 10.6 Å². The summed E-state index contributed by atoms with van der Waals surface area (Å²) in [4.78, 5) is 25.1. The molecule has 5 nitrogen and oxygen atoms in total. The van der Waals surface area contributed by atoms with Gasteiger partial charge in [0.15, 0.2) is 0 Å². The summed E-state index contributed by atoms with van der Waals surface area (Å²) in [5.41, 5.74) is 1.62. The Morgan fingerprint density at radius 3 is 2.20 bits per heavy atom. The molecule has 154 valence electrons. The van der Waals surface area contributed by atoms with E-state index in [1.807, 2.05) is 60.7 Å². The van der Waals surface area contributed by atoms with Gasteiger partial charge in [0, 0.05) is 11.4 Å². The molecule has 0 unspecified atom stereocenters. The molecule has 3 aromatic carbocycles. The van der Waals surface area contributed by atoms with Crippen LogP contribution in [0.25, 0.3) is 0 Å². The number of ether oxygens (including phenoxy) is 1. The first-order valence-corrected chi connectivity index (χ1v) is 9.66. The molecule has 0 bridgehead atoms. The Balaban J connectivity index is 1.69. The molecule has 3 aromatic rings. The number of carbonyl (C=O) groups is 2. The highest BCUT2D eigenvalue weighted by molar-refractivity contribution is 6.30. The average molecular weight is 427 g/mol. The van der Waals surface area contributed by atoms with Crippen LogP contribution in [-0.2, 0) is 22.6 Å². The number of alkyl carbamates (subject to hydrolysis) is 1. The molecule has 0 spiro atoms. The lowest BCUT2D eigenvalue weighted by atomic mass is 10.1. The largest absolute Gasteiger partial charge is 0.445 e. The number of rotatable bonds is 7. The van der Waals surface area contributed by atoms with Crippen molar-refractivity contribution in [3.63, 3.8) is 0 Å². The Morgan fingerprint density at radius 2 is 1.57 bits per heavy atom. The van der Waals surface area contributed by atoms with Gasteiger partial charge in [0.05, 0.1) is 5.69 Å². The lowest BCUT2D eigenvalue weighted by Gasteiger charge is -2.19. The Hall–Kier alpha value is -3.38. The molecule has 3 rings (SSSR count). The van der Waals surface area contributed by atoms with Crippen molar-refractivity contribution in [1.82, 2.24) is 5.32 Å². The van der Waals surface area contributed by atoms with E-state index in [1.54, 1.807) is 0 Å². The molecular weight excluding hydrogens is 407 g/mol. The predicted octanol–water partition coefficient (Wildman–Crippen LogP) is 4.96. The Labute approximate surface area is 178 Å². The SMILES string of the molecule is O=C(N[C@@H](Cc1ccccc1)C(=O)Nc1ccc(Cl)cc1F)OCc1ccccc1. The maximum absolute atomic E-state index is 14.1. The molecule has 0 fully saturated rings. The highest BCUT2D eigenvalue weighted by atomic mass is 35.5. The molecule has 0 aliphatic heterocycles. The fourth-order valence-electron chi connectivity index (χ4n) is 2.78. The predicted molar refractivity (Wildman–Crippen MR) is 114 cm³/mol. The van der Waals surface area contributed by atoms with E-state index >= 15 is 0 Å². The molecule has 2 N–H and O–H groups in total. The van der Waals surface area contributed by atoms with Crippen LogP contribution in [0.3, 0.4) is 0 Å². The zero-order valence-corrected chi connectivity index (χ0v) is 16.7. The smallest absolute Gasteiger partial charge is 0.408 e. The van der Waals surface area contributed by atoms with Gasteiger partial charge in [0.2, 0.25) is 5.91 Å². The van der Waals surface area contributed by atoms with Crippen LogP contribution in [-0.4, -0.2) is 18.0 Å². The second-order valence-electron chi connectivity index (χ2n) is 6.56. The molecule has 0 saturated carbocycles. The minimum absolute atomic E-state index is 0.0260. The van der Waals surface area contributed by atoms with Crippen molar-refractivity contribution < 1.29 is 18.7 Å². The van der Waals surface area contributed by atoms with Crippen molar-refractivity contribution in [3.05, 3.63) is 101 Å². The summed E-state index contributed by atoms with van der Waals surface area (Å²) in [7, 11) is 0. The molecule has 30 heavy (non-hydrogen) atoms. The average Bonchev–Trinajstić information content (AvgIpc) is 2.75. The van der Waals surface area contributed by atoms with Crippen molar-refractivity contribution in [2.45, 2.75) is 19.1 Å². The third kappa shape index (κ3) is 6.32. The second-order valence-corrected chi connectivity index (χ2v) is 7.00. The molecule has 0 saturated heterocycles. The fraction of sp³-hybridized carbons (Fsp3) is 0.130. The number of hydrogen-bond acceptors (Lipinski definition) is 3. The van der Waals surface area contributed by atoms with E-state index in [0.29, 0.717) is 0 Å². The van der Waals surface area contributed by atoms with Gasteiger partial charge in [-0.2, -0.15) is 0 Å². The number of amides is 2. The lowest BCUT2D eigenvalue weighted by Crippen LogP contribution is -2.45. The summed E-state index contributed by atoms with van der Waals surface area (Å²) < 4.78 is 19.3. The van der Waals surface area contributed by atoms with Crippen LogP contribution in [0.15, 0.2) is 78.9 Å². The summed E-state index contributed by atoms with van der Waals surface area (Å²) in [5.74, 6) is -1.24. The van der Waals surface area contributed by atoms with Crippen molar-refractivity contribution in [1.29, 1.82) is 0 Å². The molecular formula is C23H20ClFN2O3. The van der Waals surface area contributed by atoms with Crippen LogP contribution >= 0.6 is 11.6 Å². The lowest BCUT2D eigenvalue weighted by molar-refractivity contribution is -0.118. The van der Waals surface area contributed by atoms with Crippen molar-refractivity contribution >= 4 is 29.3 Å². The maximum atomic E-state index is 14.1. The van der Waals surface area contributed by atoms with Gasteiger partial charge in [-0.15, -0.1) is 0 Å². The number of nitrogens with one attached hydrogen (secondary N) is 2. The number of benzene rings is 3. The van der Waals surface area contributed by atoms with Gasteiger partial charge in [-0.3, -0.25) is 4.79 Å². The number of anilines is 1. The summed E-state index contributed by atoms with van der Waals surface area (Å²) in [5, 5.41) is 5.28. The zero-order chi connectivity index (χ0) is 21.3. The Kier molecular flexibility index (Phi) is 7.40. The molecule has 0 radical (unpaired) electrons. The first-order chi connectivity index (χ1) is 14.5. The van der Waals surface area contributed by atoms with Crippen LogP contribution in [0.5, 0.6) is 0 Å². The highest BCUT2D eigenvalue weighted by Gasteiger charge is 2.23. The van der Waals surface area contributed by atoms with Gasteiger partial charge in [-0.25, -0.2) is 9.18 Å². The van der Waals surface area contributed by atoms with E-state index in [1.165, 1.54) is 12.1 Å². The van der Waals surface area contributed by atoms with E-state index in [4.69, 9.17) is 16.3 Å². The zero-order valence-electron chi connectivity index (χ0n) is 16.0. The fourth-order valence-corrected chi connectivity index (χ4v) is 2.94. The van der Waals surface area contributed by atoms with Gasteiger partial charge in [0.25, 0.3) is 0 Å². The second kappa shape index (κ2) is 10.4. The molecule has 7 heteroatoms. The van der Waals surface area contributed by atoms with E-state index in [-0.39, 0.29) is 23.7 Å². The highest BCUT2D eigenvalue weighted by Crippen LogP contribution is 2.19. The summed E-state index contributed by atoms with van der Waals surface area (Å²) in [6, 6.07) is 21.3. The van der Waals surface area contributed by atoms with Crippen LogP contribution in [0.1, 0.15) is 11.1 Å². The van der Waals surface area contributed by atoms with E-state index < -0.39 is 23.9 Å². The minimum atomic E-state index is -0.967. The van der Waals surface area contributed by atoms with Crippen molar-refractivity contribution in [2.75, 3.05) is 5.32 Å². The van der Waals surface area contributed by atoms with Gasteiger partial charge in [-0.05, 0) is 29.3 Å². The van der Waals surface area contributed by atoms with Crippen molar-refractivity contribution in [2.24, 2.45) is 0 Å². The van der Waals surface area contributed by atoms with Crippen molar-refractivity contribution in [3.8, 4) is 0 Å². The first-order valence-electron chi connectivity index (χ1n) is 9.28. The third-order valence-electron chi connectivity index (χ3n) is 4.29. The van der Waals surface area contributed by atoms with E-state index in [9.17, 15) is 14.0 Å². The van der Waals surface area contributed by atoms with Gasteiger partial charge < -0.3 is 15.4 Å². The third-order valence-corrected chi connectivity index (χ3v) is 4.53. The van der Waals surface area contributed by atoms with E-state index in [0.717, 1.165) is 17.2 Å². The molecule has 0 heterocycles. The quantitative estimate of drug-likeness (QED) is 0.561. The van der Waals surface area contributed by atoms with Crippen LogP contribution in [0, 0.1) is 5.82 Å². The number of halogens is 2. The van der Waals surface area contributed by atoms with Gasteiger partial charge in [-0.1, -0.05) is 72.3 Å². The molecule has 2 amide bonds. The summed E-state index contributed by atoms with van der Waals surface area (Å²) >= 11 is 5.75. The minimum Gasteiger partial charge on any atom is -0.445 e. The monoisotopic (exact) mass is 426 g/mol. The number of hydrogen-bond donors (Lipinski definition) is 2. The summed E-state index contributed by atoms with van der Waals surface area (Å²) in [6.45, 7) is 0.0676. The standard InChI is InChI=1S/C23H20ClFN2O3/c24-18-11-12-20(19(25)14-18)26-22(28)21(13-16-7-3-1-4-8-16)27-23(29)30-15-17-9-5-2-6-10-17/h1-12,14,21H,13,15H2,(H,26,28)(H,27,29)/t21-/m0/s1. The maximum Gasteiger partial charge on any atom is 0.408 e. The number of carbonyl (C=O) groups excluding carboxylic acids is 2. The normalized spacial score (nSPS) is 11.4. The first kappa shape index (κ1) is 21.3. The molecule has 1 atom stereocenters. The van der Waals surface area contributed by atoms with Gasteiger partial charge >= 0.3 is 6.09 Å². The van der Waals surface area contributed by atoms with Gasteiger partial charge in [0.1, 0.15) is 18.5 Å². The van der Waals surface area contributed by atoms with Crippen LogP contribution in [0.4, 0.5) is 14.9 Å². The Bertz CT molecular complexity index is 1000. The molecule has 0 aliphatic rings. The molecule has 0 aliphatic carbocycles. The Morgan fingerprint density at radius 1 is 0.933 bits per heavy atom. The summed E-state index contributed by atoms with van der Waals surface area (Å²) in [6.07, 6.45) is -0.533. The van der Waals surface area contributed by atoms with E-state index in [2.05, 4.69) is 10.6 Å². The topological polar surface area (TPSA) is 67.4 Å².